The fraction of sp³-hybridized carbons (Fsp3) is 0.190. The lowest BCUT2D eigenvalue weighted by atomic mass is 10.00. The van der Waals surface area contributed by atoms with E-state index in [1.54, 1.807) is 21.6 Å². The number of thiophene rings is 1. The van der Waals surface area contributed by atoms with Crippen molar-refractivity contribution in [2.75, 3.05) is 19.7 Å². The van der Waals surface area contributed by atoms with Crippen molar-refractivity contribution in [3.05, 3.63) is 70.6 Å². The summed E-state index contributed by atoms with van der Waals surface area (Å²) in [6, 6.07) is 14.0. The second-order valence-corrected chi connectivity index (χ2v) is 8.08. The first-order chi connectivity index (χ1) is 13.7. The molecule has 1 amide bonds. The molecular weight excluding hydrogens is 392 g/mol. The van der Waals surface area contributed by atoms with Crippen LogP contribution in [-0.2, 0) is 9.53 Å². The van der Waals surface area contributed by atoms with Crippen LogP contribution in [0.4, 0.5) is 0 Å². The number of carbonyl (C=O) groups is 2. The van der Waals surface area contributed by atoms with Crippen LogP contribution in [0.15, 0.2) is 59.3 Å². The minimum atomic E-state index is -0.565. The van der Waals surface area contributed by atoms with E-state index in [1.807, 2.05) is 35.7 Å². The zero-order valence-electron chi connectivity index (χ0n) is 15.0. The largest absolute Gasteiger partial charge is 0.451 e. The van der Waals surface area contributed by atoms with Crippen LogP contribution >= 0.6 is 22.7 Å². The molecule has 0 N–H and O–H groups in total. The number of aromatic nitrogens is 1. The van der Waals surface area contributed by atoms with Gasteiger partial charge in [-0.3, -0.25) is 4.79 Å². The molecule has 2 aromatic heterocycles. The maximum Gasteiger partial charge on any atom is 0.358 e. The molecule has 142 valence electrons. The van der Waals surface area contributed by atoms with Gasteiger partial charge in [-0.2, -0.15) is 0 Å². The quantitative estimate of drug-likeness (QED) is 0.587. The van der Waals surface area contributed by atoms with Gasteiger partial charge in [0.2, 0.25) is 0 Å². The Hall–Kier alpha value is -2.77. The van der Waals surface area contributed by atoms with Crippen molar-refractivity contribution in [2.24, 2.45) is 0 Å². The number of rotatable bonds is 5. The number of nitrogens with zero attached hydrogens (tertiary/aromatic N) is 2. The predicted octanol–water partition coefficient (Wildman–Crippen LogP) is 4.34. The molecule has 3 heterocycles. The highest BCUT2D eigenvalue weighted by molar-refractivity contribution is 7.20. The van der Waals surface area contributed by atoms with E-state index in [2.05, 4.69) is 23.2 Å². The maximum atomic E-state index is 12.4. The van der Waals surface area contributed by atoms with E-state index in [0.29, 0.717) is 13.1 Å². The smallest absolute Gasteiger partial charge is 0.358 e. The van der Waals surface area contributed by atoms with Crippen molar-refractivity contribution in [3.63, 3.8) is 0 Å². The average Bonchev–Trinajstić information content (AvgIpc) is 3.44. The van der Waals surface area contributed by atoms with E-state index in [4.69, 9.17) is 4.74 Å². The average molecular weight is 411 g/mol. The summed E-state index contributed by atoms with van der Waals surface area (Å²) in [6.07, 6.45) is 2.85. The fourth-order valence-corrected chi connectivity index (χ4v) is 4.59. The molecule has 4 rings (SSSR count). The van der Waals surface area contributed by atoms with E-state index in [0.717, 1.165) is 16.3 Å². The summed E-state index contributed by atoms with van der Waals surface area (Å²) in [5.41, 5.74) is 2.67. The van der Waals surface area contributed by atoms with Crippen LogP contribution in [0.25, 0.3) is 15.5 Å². The van der Waals surface area contributed by atoms with E-state index >= 15 is 0 Å². The zero-order valence-corrected chi connectivity index (χ0v) is 16.7. The lowest BCUT2D eigenvalue weighted by Gasteiger charge is -2.26. The first-order valence-electron chi connectivity index (χ1n) is 8.89. The Morgan fingerprint density at radius 1 is 1.11 bits per heavy atom. The van der Waals surface area contributed by atoms with Gasteiger partial charge in [-0.25, -0.2) is 9.78 Å². The summed E-state index contributed by atoms with van der Waals surface area (Å²) in [5.74, 6) is -0.754. The van der Waals surface area contributed by atoms with E-state index in [9.17, 15) is 9.59 Å². The van der Waals surface area contributed by atoms with Crippen molar-refractivity contribution in [2.45, 2.75) is 6.42 Å². The Balaban J connectivity index is 1.30. The highest BCUT2D eigenvalue weighted by atomic mass is 32.1. The van der Waals surface area contributed by atoms with E-state index < -0.39 is 5.97 Å². The van der Waals surface area contributed by atoms with E-state index in [1.165, 1.54) is 22.5 Å². The monoisotopic (exact) mass is 410 g/mol. The summed E-state index contributed by atoms with van der Waals surface area (Å²) in [6.45, 7) is 0.884. The highest BCUT2D eigenvalue weighted by Crippen LogP contribution is 2.28. The van der Waals surface area contributed by atoms with Crippen LogP contribution in [0.3, 0.4) is 0 Å². The van der Waals surface area contributed by atoms with Crippen molar-refractivity contribution < 1.29 is 14.3 Å². The predicted molar refractivity (Wildman–Crippen MR) is 111 cm³/mol. The Bertz CT molecular complexity index is 994. The number of amides is 1. The zero-order chi connectivity index (χ0) is 19.3. The van der Waals surface area contributed by atoms with Crippen molar-refractivity contribution >= 4 is 40.1 Å². The molecule has 0 unspecified atom stereocenters. The van der Waals surface area contributed by atoms with Gasteiger partial charge in [-0.15, -0.1) is 22.7 Å². The first kappa shape index (κ1) is 18.6. The molecule has 1 aromatic carbocycles. The van der Waals surface area contributed by atoms with Gasteiger partial charge in [0, 0.05) is 18.5 Å². The third-order valence-electron chi connectivity index (χ3n) is 4.48. The summed E-state index contributed by atoms with van der Waals surface area (Å²) in [7, 11) is 0. The summed E-state index contributed by atoms with van der Waals surface area (Å²) in [4.78, 5) is 31.6. The minimum Gasteiger partial charge on any atom is -0.451 e. The van der Waals surface area contributed by atoms with Gasteiger partial charge in [0.05, 0.1) is 4.88 Å². The Kier molecular flexibility index (Phi) is 5.64. The maximum absolute atomic E-state index is 12.4. The molecule has 1 aliphatic heterocycles. The van der Waals surface area contributed by atoms with Crippen LogP contribution in [0.2, 0.25) is 0 Å². The summed E-state index contributed by atoms with van der Waals surface area (Å²) >= 11 is 2.96. The number of ether oxygens (including phenoxy) is 1. The van der Waals surface area contributed by atoms with Gasteiger partial charge < -0.3 is 9.64 Å². The number of benzene rings is 1. The lowest BCUT2D eigenvalue weighted by Crippen LogP contribution is -2.37. The van der Waals surface area contributed by atoms with Gasteiger partial charge in [0.25, 0.3) is 5.91 Å². The molecular formula is C21H18N2O3S2. The molecule has 0 atom stereocenters. The Labute approximate surface area is 170 Å². The molecule has 3 aromatic rings. The van der Waals surface area contributed by atoms with Gasteiger partial charge >= 0.3 is 5.97 Å². The molecule has 0 bridgehead atoms. The number of carbonyl (C=O) groups excluding carboxylic acids is 2. The number of hydrogen-bond donors (Lipinski definition) is 0. The second kappa shape index (κ2) is 8.50. The van der Waals surface area contributed by atoms with Gasteiger partial charge in [0.1, 0.15) is 5.01 Å². The van der Waals surface area contributed by atoms with Gasteiger partial charge in [-0.1, -0.05) is 42.5 Å². The Morgan fingerprint density at radius 3 is 2.68 bits per heavy atom. The standard InChI is InChI=1S/C21H18N2O3S2/c24-19(23-10-8-16(9-11-23)15-5-2-1-3-6-15)13-26-21(25)17-14-28-20(22-17)18-7-4-12-27-18/h1-8,12,14H,9-11,13H2. The molecule has 0 saturated heterocycles. The van der Waals surface area contributed by atoms with Crippen molar-refractivity contribution in [1.82, 2.24) is 9.88 Å². The van der Waals surface area contributed by atoms with Gasteiger partial charge in [0.15, 0.2) is 12.3 Å². The Morgan fingerprint density at radius 2 is 1.96 bits per heavy atom. The molecule has 0 spiro atoms. The van der Waals surface area contributed by atoms with Crippen LogP contribution in [0.1, 0.15) is 22.5 Å². The summed E-state index contributed by atoms with van der Waals surface area (Å²) in [5, 5.41) is 4.41. The van der Waals surface area contributed by atoms with Crippen LogP contribution in [0.5, 0.6) is 0 Å². The lowest BCUT2D eigenvalue weighted by molar-refractivity contribution is -0.134. The molecule has 0 fully saturated rings. The minimum absolute atomic E-state index is 0.189. The van der Waals surface area contributed by atoms with Gasteiger partial charge in [-0.05, 0) is 29.0 Å². The van der Waals surface area contributed by atoms with Crippen LogP contribution in [0, 0.1) is 0 Å². The van der Waals surface area contributed by atoms with E-state index in [-0.39, 0.29) is 18.2 Å². The molecule has 28 heavy (non-hydrogen) atoms. The molecule has 1 aliphatic rings. The molecule has 0 aliphatic carbocycles. The molecule has 7 heteroatoms. The van der Waals surface area contributed by atoms with Crippen molar-refractivity contribution in [1.29, 1.82) is 0 Å². The second-order valence-electron chi connectivity index (χ2n) is 6.28. The van der Waals surface area contributed by atoms with Crippen LogP contribution in [-0.4, -0.2) is 41.5 Å². The summed E-state index contributed by atoms with van der Waals surface area (Å²) < 4.78 is 5.18. The number of thiazole rings is 1. The molecule has 0 radical (unpaired) electrons. The SMILES string of the molecule is O=C(OCC(=O)N1CC=C(c2ccccc2)CC1)c1csc(-c2cccs2)n1. The fourth-order valence-electron chi connectivity index (χ4n) is 2.98. The highest BCUT2D eigenvalue weighted by Gasteiger charge is 2.20. The first-order valence-corrected chi connectivity index (χ1v) is 10.7. The third-order valence-corrected chi connectivity index (χ3v) is 6.36. The normalized spacial score (nSPS) is 13.9. The van der Waals surface area contributed by atoms with Crippen LogP contribution < -0.4 is 0 Å². The molecule has 5 nitrogen and oxygen atoms in total. The number of esters is 1. The number of hydrogen-bond acceptors (Lipinski definition) is 6. The topological polar surface area (TPSA) is 59.5 Å². The third kappa shape index (κ3) is 4.21. The van der Waals surface area contributed by atoms with Crippen molar-refractivity contribution in [3.8, 4) is 9.88 Å². The molecule has 0 saturated carbocycles.